The summed E-state index contributed by atoms with van der Waals surface area (Å²) in [6.45, 7) is 10.8. The van der Waals surface area contributed by atoms with Crippen molar-refractivity contribution in [2.45, 2.75) is 110 Å². The highest BCUT2D eigenvalue weighted by atomic mass is 16.5. The molecule has 17 heteroatoms. The van der Waals surface area contributed by atoms with Crippen LogP contribution >= 0.6 is 0 Å². The number of anilines is 5. The fraction of sp³-hybridized carbons (Fsp3) is 0.369. The third-order valence-electron chi connectivity index (χ3n) is 16.3. The molecule has 0 spiro atoms. The van der Waals surface area contributed by atoms with E-state index in [1.807, 2.05) is 97.5 Å². The second-order valence-electron chi connectivity index (χ2n) is 22.4. The van der Waals surface area contributed by atoms with E-state index in [1.165, 1.54) is 13.2 Å². The number of Topliss-reactive ketones (excluding diaryl/α,β-unsaturated/α-hetero) is 2. The quantitative estimate of drug-likeness (QED) is 0.0627. The van der Waals surface area contributed by atoms with E-state index in [4.69, 9.17) is 14.2 Å². The molecule has 5 aliphatic heterocycles. The van der Waals surface area contributed by atoms with Gasteiger partial charge in [-0.25, -0.2) is 0 Å². The molecule has 4 atom stereocenters. The smallest absolute Gasteiger partial charge is 0.260 e. The minimum absolute atomic E-state index is 0.0103. The number of carbonyl (C=O) groups is 7. The number of methoxy groups -OCH3 is 1. The van der Waals surface area contributed by atoms with Gasteiger partial charge in [-0.05, 0) is 122 Å². The molecule has 426 valence electrons. The molecule has 10 rings (SSSR count). The lowest BCUT2D eigenvalue weighted by molar-refractivity contribution is -0.129. The Morgan fingerprint density at radius 1 is 0.671 bits per heavy atom. The summed E-state index contributed by atoms with van der Waals surface area (Å²) in [6, 6.07) is 28.1. The van der Waals surface area contributed by atoms with Gasteiger partial charge < -0.3 is 49.3 Å². The molecule has 5 aromatic rings. The number of hydrogen-bond acceptors (Lipinski definition) is 12. The lowest BCUT2D eigenvalue weighted by atomic mass is 9.99. The average molecular weight is 1110 g/mol. The van der Waals surface area contributed by atoms with Gasteiger partial charge in [-0.15, -0.1) is 0 Å². The van der Waals surface area contributed by atoms with Gasteiger partial charge in [-0.3, -0.25) is 33.6 Å². The van der Waals surface area contributed by atoms with Crippen LogP contribution in [0.5, 0.6) is 17.2 Å². The first-order valence-electron chi connectivity index (χ1n) is 28.3. The molecule has 0 saturated heterocycles. The van der Waals surface area contributed by atoms with E-state index in [0.717, 1.165) is 46.6 Å². The molecule has 5 amide bonds. The van der Waals surface area contributed by atoms with E-state index >= 15 is 0 Å². The van der Waals surface area contributed by atoms with Gasteiger partial charge in [0.1, 0.15) is 24.7 Å². The van der Waals surface area contributed by atoms with Gasteiger partial charge >= 0.3 is 0 Å². The minimum Gasteiger partial charge on any atom is -0.493 e. The van der Waals surface area contributed by atoms with E-state index in [1.54, 1.807) is 37.0 Å². The molecule has 0 fully saturated rings. The van der Waals surface area contributed by atoms with Crippen LogP contribution < -0.4 is 44.4 Å². The molecule has 17 nitrogen and oxygen atoms in total. The summed E-state index contributed by atoms with van der Waals surface area (Å²) in [7, 11) is 5.50. The van der Waals surface area contributed by atoms with Gasteiger partial charge in [-0.1, -0.05) is 49.9 Å². The number of carbonyl (C=O) groups excluding carboxylic acids is 7. The van der Waals surface area contributed by atoms with Crippen molar-refractivity contribution in [2.75, 3.05) is 65.8 Å². The maximum Gasteiger partial charge on any atom is 0.260 e. The van der Waals surface area contributed by atoms with E-state index in [0.29, 0.717) is 108 Å². The van der Waals surface area contributed by atoms with Crippen LogP contribution in [0.3, 0.4) is 0 Å². The van der Waals surface area contributed by atoms with Gasteiger partial charge in [0.05, 0.1) is 47.7 Å². The first-order valence-corrected chi connectivity index (χ1v) is 28.3. The Morgan fingerprint density at radius 2 is 1.23 bits per heavy atom. The zero-order valence-electron chi connectivity index (χ0n) is 47.5. The molecule has 2 N–H and O–H groups in total. The molecule has 5 aromatic carbocycles. The molecule has 5 heterocycles. The zero-order valence-corrected chi connectivity index (χ0v) is 47.5. The van der Waals surface area contributed by atoms with Crippen molar-refractivity contribution in [3.8, 4) is 17.2 Å². The number of unbranched alkanes of at least 4 members (excludes halogenated alkanes) is 1. The lowest BCUT2D eigenvalue weighted by Gasteiger charge is -2.25. The molecular weight excluding hydrogens is 1040 g/mol. The molecular formula is C65H71N7O10. The largest absolute Gasteiger partial charge is 0.493 e. The van der Waals surface area contributed by atoms with Gasteiger partial charge in [0.25, 0.3) is 17.7 Å². The fourth-order valence-corrected chi connectivity index (χ4v) is 11.9. The third-order valence-corrected chi connectivity index (χ3v) is 16.3. The second-order valence-corrected chi connectivity index (χ2v) is 22.4. The van der Waals surface area contributed by atoms with Crippen LogP contribution in [-0.4, -0.2) is 105 Å². The van der Waals surface area contributed by atoms with Gasteiger partial charge in [0.15, 0.2) is 17.3 Å². The number of amides is 5. The van der Waals surface area contributed by atoms with Crippen LogP contribution in [0.25, 0.3) is 0 Å². The Balaban J connectivity index is 0.810. The van der Waals surface area contributed by atoms with Crippen molar-refractivity contribution >= 4 is 69.5 Å². The standard InChI is InChI=1S/C65H71N7O10/c1-39-25-51-55(68(5)35-48-30-45-15-8-11-19-53(45)71(48)64(51)78)33-58(39)81-37-43-27-44(38-82-60-34-56-52(32-59(60)80-7)65(79)72-49(36-69(56)6)31-46-16-9-12-20-54(46)72)29-47(28-43)67-63(77)40(2)26-57(74)42(4)66-61(75)21-13-10-17-50(73)18-14-24-70-41(3)22-23-62(70)76/h8-9,11-12,15-16,19-20,22-23,25,27-29,32-34,40,42,48-49H,3,10,13-14,17-18,21,24,26,30-31,35-38H2,1-2,4-7H3,(H,66,75)(H,67,77)/t40?,42?,48-,49-/m0/s1. The number of nitrogens with one attached hydrogen (secondary N) is 2. The predicted octanol–water partition coefficient (Wildman–Crippen LogP) is 9.06. The molecule has 0 bridgehead atoms. The third kappa shape index (κ3) is 12.0. The normalized spacial score (nSPS) is 17.5. The predicted molar refractivity (Wildman–Crippen MR) is 315 cm³/mol. The maximum absolute atomic E-state index is 14.3. The SMILES string of the molecule is C=C1C=CC(=O)N1CCCC(=O)CCCCC(=O)NC(C)C(=O)CC(C)C(=O)Nc1cc(COc2cc3c(cc2C)C(=O)N2c4ccccc4C[C@H]2CN3C)cc(COc2cc3c(cc2OC)C(=O)N2c4ccccc4C[C@H]2CN3C)c1. The number of benzene rings is 5. The highest BCUT2D eigenvalue weighted by Gasteiger charge is 2.41. The zero-order chi connectivity index (χ0) is 57.9. The Labute approximate surface area is 478 Å². The molecule has 82 heavy (non-hydrogen) atoms. The molecule has 0 aliphatic carbocycles. The summed E-state index contributed by atoms with van der Waals surface area (Å²) in [4.78, 5) is 103. The Morgan fingerprint density at radius 3 is 1.83 bits per heavy atom. The van der Waals surface area contributed by atoms with Crippen molar-refractivity contribution in [3.05, 3.63) is 154 Å². The lowest BCUT2D eigenvalue weighted by Crippen LogP contribution is -2.41. The number of ether oxygens (including phenoxy) is 3. The number of para-hydroxylation sites is 2. The number of hydrogen-bond donors (Lipinski definition) is 2. The van der Waals surface area contributed by atoms with Crippen LogP contribution in [0, 0.1) is 12.8 Å². The maximum atomic E-state index is 14.3. The van der Waals surface area contributed by atoms with Gasteiger partial charge in [-0.2, -0.15) is 0 Å². The van der Waals surface area contributed by atoms with Crippen molar-refractivity contribution in [2.24, 2.45) is 5.92 Å². The number of ketones is 2. The van der Waals surface area contributed by atoms with Crippen molar-refractivity contribution < 1.29 is 47.8 Å². The van der Waals surface area contributed by atoms with Crippen LogP contribution in [0.2, 0.25) is 0 Å². The molecule has 0 aromatic heterocycles. The fourth-order valence-electron chi connectivity index (χ4n) is 11.9. The number of nitrogens with zero attached hydrogens (tertiary/aromatic N) is 5. The van der Waals surface area contributed by atoms with Crippen molar-refractivity contribution in [1.82, 2.24) is 10.2 Å². The highest BCUT2D eigenvalue weighted by molar-refractivity contribution is 6.13. The van der Waals surface area contributed by atoms with Crippen LogP contribution in [0.1, 0.15) is 107 Å². The van der Waals surface area contributed by atoms with Crippen LogP contribution in [0.4, 0.5) is 28.4 Å². The summed E-state index contributed by atoms with van der Waals surface area (Å²) in [6.07, 6.45) is 6.81. The molecule has 0 radical (unpaired) electrons. The molecule has 5 aliphatic rings. The van der Waals surface area contributed by atoms with E-state index in [2.05, 4.69) is 39.1 Å². The summed E-state index contributed by atoms with van der Waals surface area (Å²) in [5.41, 5.74) is 9.97. The van der Waals surface area contributed by atoms with E-state index in [9.17, 15) is 33.6 Å². The summed E-state index contributed by atoms with van der Waals surface area (Å²) in [5.74, 6) is -0.634. The topological polar surface area (TPSA) is 187 Å². The second kappa shape index (κ2) is 24.2. The Bertz CT molecular complexity index is 3410. The minimum atomic E-state index is -0.842. The number of allylic oxidation sites excluding steroid dienone is 1. The molecule has 0 saturated carbocycles. The average Bonchev–Trinajstić information content (AvgIpc) is 3.90. The van der Waals surface area contributed by atoms with E-state index in [-0.39, 0.29) is 73.3 Å². The number of fused-ring (bicyclic) bond motifs is 8. The van der Waals surface area contributed by atoms with Crippen LogP contribution in [0.15, 0.2) is 115 Å². The monoisotopic (exact) mass is 1110 g/mol. The Kier molecular flexibility index (Phi) is 16.7. The first-order chi connectivity index (χ1) is 39.4. The van der Waals surface area contributed by atoms with Crippen molar-refractivity contribution in [3.63, 3.8) is 0 Å². The summed E-state index contributed by atoms with van der Waals surface area (Å²) >= 11 is 0. The van der Waals surface area contributed by atoms with Crippen LogP contribution in [-0.2, 0) is 50.0 Å². The summed E-state index contributed by atoms with van der Waals surface area (Å²) in [5, 5.41) is 5.77. The number of rotatable bonds is 22. The highest BCUT2D eigenvalue weighted by Crippen LogP contribution is 2.43. The number of aryl methyl sites for hydroxylation is 1. The first kappa shape index (κ1) is 56.5. The molecule has 2 unspecified atom stereocenters. The van der Waals surface area contributed by atoms with Crippen molar-refractivity contribution in [1.29, 1.82) is 0 Å². The van der Waals surface area contributed by atoms with Gasteiger partial charge in [0, 0.05) is 106 Å². The van der Waals surface area contributed by atoms with Gasteiger partial charge in [0.2, 0.25) is 11.8 Å². The summed E-state index contributed by atoms with van der Waals surface area (Å²) < 4.78 is 19.0. The Hall–Kier alpha value is -8.73. The van der Waals surface area contributed by atoms with E-state index < -0.39 is 17.9 Å². The number of likely N-dealkylation sites (N-methyl/N-ethyl adjacent to an activating group) is 2.